The van der Waals surface area contributed by atoms with Crippen LogP contribution in [-0.4, -0.2) is 27.8 Å². The summed E-state index contributed by atoms with van der Waals surface area (Å²) in [5.74, 6) is -2.90. The third-order valence-electron chi connectivity index (χ3n) is 2.44. The fourth-order valence-electron chi connectivity index (χ4n) is 1.59. The van der Waals surface area contributed by atoms with Crippen molar-refractivity contribution in [1.29, 1.82) is 0 Å². The van der Waals surface area contributed by atoms with Crippen molar-refractivity contribution in [3.05, 3.63) is 40.4 Å². The van der Waals surface area contributed by atoms with E-state index in [4.69, 9.17) is 10.2 Å². The average molecular weight is 285 g/mol. The number of nitrogens with zero attached hydrogens (tertiary/aromatic N) is 1. The number of aromatic carboxylic acids is 1. The fraction of sp³-hybridized carbons (Fsp3) is 0.167. The maximum absolute atomic E-state index is 13.8. The smallest absolute Gasteiger partial charge is 0.355 e. The molecule has 1 heterocycles. The van der Waals surface area contributed by atoms with Crippen LogP contribution in [0.5, 0.6) is 0 Å². The minimum Gasteiger partial charge on any atom is -0.476 e. The van der Waals surface area contributed by atoms with Crippen LogP contribution < -0.4 is 0 Å². The van der Waals surface area contributed by atoms with E-state index in [0.717, 1.165) is 23.5 Å². The first-order valence-corrected chi connectivity index (χ1v) is 6.19. The molecule has 0 aliphatic carbocycles. The molecular weight excluding hydrogens is 276 g/mol. The summed E-state index contributed by atoms with van der Waals surface area (Å²) in [5.41, 5.74) is -0.270. The second kappa shape index (κ2) is 5.41. The highest BCUT2D eigenvalue weighted by Crippen LogP contribution is 2.30. The molecule has 0 spiro atoms. The van der Waals surface area contributed by atoms with E-state index < -0.39 is 17.6 Å². The van der Waals surface area contributed by atoms with E-state index in [1.807, 2.05) is 0 Å². The van der Waals surface area contributed by atoms with E-state index in [1.165, 1.54) is 5.38 Å². The molecule has 0 aliphatic heterocycles. The van der Waals surface area contributed by atoms with Crippen LogP contribution >= 0.6 is 11.3 Å². The van der Waals surface area contributed by atoms with Crippen molar-refractivity contribution in [2.45, 2.75) is 6.42 Å². The Morgan fingerprint density at radius 2 is 1.95 bits per heavy atom. The van der Waals surface area contributed by atoms with Gasteiger partial charge in [0.05, 0.1) is 5.56 Å². The number of aliphatic hydroxyl groups is 1. The number of carboxylic acid groups (broad SMARTS) is 1. The zero-order chi connectivity index (χ0) is 14.0. The van der Waals surface area contributed by atoms with Gasteiger partial charge in [-0.1, -0.05) is 0 Å². The zero-order valence-corrected chi connectivity index (χ0v) is 10.4. The Bertz CT molecular complexity index is 604. The predicted octanol–water partition coefficient (Wildman–Crippen LogP) is 2.32. The molecule has 19 heavy (non-hydrogen) atoms. The Balaban J connectivity index is 2.46. The Morgan fingerprint density at radius 1 is 1.32 bits per heavy atom. The number of hydrogen-bond donors (Lipinski definition) is 2. The average Bonchev–Trinajstić information content (AvgIpc) is 2.78. The molecule has 2 N–H and O–H groups in total. The summed E-state index contributed by atoms with van der Waals surface area (Å²) in [4.78, 5) is 14.4. The van der Waals surface area contributed by atoms with Gasteiger partial charge in [0.2, 0.25) is 0 Å². The normalized spacial score (nSPS) is 10.7. The topological polar surface area (TPSA) is 70.4 Å². The molecule has 0 aliphatic rings. The van der Waals surface area contributed by atoms with Crippen LogP contribution in [0, 0.1) is 11.6 Å². The van der Waals surface area contributed by atoms with E-state index in [1.54, 1.807) is 0 Å². The zero-order valence-electron chi connectivity index (χ0n) is 9.56. The summed E-state index contributed by atoms with van der Waals surface area (Å²) >= 11 is 0.857. The maximum atomic E-state index is 13.8. The van der Waals surface area contributed by atoms with Crippen molar-refractivity contribution in [3.8, 4) is 10.6 Å². The summed E-state index contributed by atoms with van der Waals surface area (Å²) in [6.07, 6.45) is 0.145. The Kier molecular flexibility index (Phi) is 3.87. The minimum atomic E-state index is -1.25. The Hall–Kier alpha value is -1.86. The third-order valence-corrected chi connectivity index (χ3v) is 3.30. The molecule has 0 atom stereocenters. The molecule has 0 saturated carbocycles. The highest BCUT2D eigenvalue weighted by Gasteiger charge is 2.18. The first-order chi connectivity index (χ1) is 9.02. The quantitative estimate of drug-likeness (QED) is 0.904. The molecule has 1 aromatic carbocycles. The Morgan fingerprint density at radius 3 is 2.42 bits per heavy atom. The van der Waals surface area contributed by atoms with Gasteiger partial charge in [-0.15, -0.1) is 11.3 Å². The molecule has 0 radical (unpaired) electrons. The highest BCUT2D eigenvalue weighted by atomic mass is 32.1. The SMILES string of the molecule is O=C(O)c1csc(-c2c(F)cc(CCO)cc2F)n1. The van der Waals surface area contributed by atoms with Gasteiger partial charge in [0, 0.05) is 12.0 Å². The molecule has 0 amide bonds. The fourth-order valence-corrected chi connectivity index (χ4v) is 2.43. The van der Waals surface area contributed by atoms with Gasteiger partial charge < -0.3 is 10.2 Å². The van der Waals surface area contributed by atoms with Crippen LogP contribution in [0.2, 0.25) is 0 Å². The summed E-state index contributed by atoms with van der Waals surface area (Å²) in [6.45, 7) is -0.210. The largest absolute Gasteiger partial charge is 0.476 e. The lowest BCUT2D eigenvalue weighted by molar-refractivity contribution is 0.0691. The molecule has 0 unspecified atom stereocenters. The second-order valence-corrected chi connectivity index (χ2v) is 4.61. The summed E-state index contributed by atoms with van der Waals surface area (Å²) in [6, 6.07) is 2.22. The van der Waals surface area contributed by atoms with Gasteiger partial charge in [0.25, 0.3) is 0 Å². The lowest BCUT2D eigenvalue weighted by Gasteiger charge is -2.05. The van der Waals surface area contributed by atoms with Crippen LogP contribution in [0.15, 0.2) is 17.5 Å². The lowest BCUT2D eigenvalue weighted by atomic mass is 10.1. The van der Waals surface area contributed by atoms with Crippen LogP contribution in [0.3, 0.4) is 0 Å². The van der Waals surface area contributed by atoms with Crippen LogP contribution in [-0.2, 0) is 6.42 Å². The lowest BCUT2D eigenvalue weighted by Crippen LogP contribution is -1.99. The number of aliphatic hydroxyl groups excluding tert-OH is 1. The molecule has 4 nitrogen and oxygen atoms in total. The minimum absolute atomic E-state index is 0.0250. The molecule has 0 fully saturated rings. The van der Waals surface area contributed by atoms with Gasteiger partial charge >= 0.3 is 5.97 Å². The van der Waals surface area contributed by atoms with E-state index in [9.17, 15) is 13.6 Å². The van der Waals surface area contributed by atoms with Crippen molar-refractivity contribution in [3.63, 3.8) is 0 Å². The second-order valence-electron chi connectivity index (χ2n) is 3.75. The highest BCUT2D eigenvalue weighted by molar-refractivity contribution is 7.13. The van der Waals surface area contributed by atoms with E-state index in [-0.39, 0.29) is 29.3 Å². The van der Waals surface area contributed by atoms with Crippen LogP contribution in [0.4, 0.5) is 8.78 Å². The van der Waals surface area contributed by atoms with Crippen molar-refractivity contribution < 1.29 is 23.8 Å². The monoisotopic (exact) mass is 285 g/mol. The van der Waals surface area contributed by atoms with Gasteiger partial charge in [-0.3, -0.25) is 0 Å². The first kappa shape index (κ1) is 13.6. The van der Waals surface area contributed by atoms with Crippen molar-refractivity contribution >= 4 is 17.3 Å². The number of thiazole rings is 1. The van der Waals surface area contributed by atoms with Crippen molar-refractivity contribution in [1.82, 2.24) is 4.98 Å². The number of halogens is 2. The molecule has 1 aromatic heterocycles. The number of carbonyl (C=O) groups is 1. The standard InChI is InChI=1S/C12H9F2NO3S/c13-7-3-6(1-2-16)4-8(14)10(7)11-15-9(5-19-11)12(17)18/h3-5,16H,1-2H2,(H,17,18). The van der Waals surface area contributed by atoms with Gasteiger partial charge in [-0.2, -0.15) is 0 Å². The Labute approximate surface area is 111 Å². The number of rotatable bonds is 4. The number of benzene rings is 1. The van der Waals surface area contributed by atoms with Crippen molar-refractivity contribution in [2.75, 3.05) is 6.61 Å². The van der Waals surface area contributed by atoms with Gasteiger partial charge in [-0.05, 0) is 24.1 Å². The van der Waals surface area contributed by atoms with E-state index >= 15 is 0 Å². The summed E-state index contributed by atoms with van der Waals surface area (Å²) in [5, 5.41) is 18.7. The molecule has 0 bridgehead atoms. The van der Waals surface area contributed by atoms with Crippen molar-refractivity contribution in [2.24, 2.45) is 0 Å². The van der Waals surface area contributed by atoms with E-state index in [0.29, 0.717) is 5.56 Å². The molecule has 2 rings (SSSR count). The first-order valence-electron chi connectivity index (χ1n) is 5.31. The third kappa shape index (κ3) is 2.77. The van der Waals surface area contributed by atoms with Gasteiger partial charge in [0.15, 0.2) is 5.69 Å². The summed E-state index contributed by atoms with van der Waals surface area (Å²) < 4.78 is 27.7. The number of carboxylic acids is 1. The van der Waals surface area contributed by atoms with Gasteiger partial charge in [0.1, 0.15) is 16.6 Å². The predicted molar refractivity (Wildman–Crippen MR) is 65.2 cm³/mol. The maximum Gasteiger partial charge on any atom is 0.355 e. The summed E-state index contributed by atoms with van der Waals surface area (Å²) in [7, 11) is 0. The number of hydrogen-bond acceptors (Lipinski definition) is 4. The molecule has 7 heteroatoms. The number of aromatic nitrogens is 1. The van der Waals surface area contributed by atoms with Crippen LogP contribution in [0.25, 0.3) is 10.6 Å². The molecule has 2 aromatic rings. The molecular formula is C12H9F2NO3S. The molecule has 100 valence electrons. The van der Waals surface area contributed by atoms with Gasteiger partial charge in [-0.25, -0.2) is 18.6 Å². The van der Waals surface area contributed by atoms with E-state index in [2.05, 4.69) is 4.98 Å². The van der Waals surface area contributed by atoms with Crippen LogP contribution in [0.1, 0.15) is 16.1 Å². The molecule has 0 saturated heterocycles.